The predicted octanol–water partition coefficient (Wildman–Crippen LogP) is 4.43. The number of hydrogen-bond acceptors (Lipinski definition) is 5. The fraction of sp³-hybridized carbons (Fsp3) is 0.222. The Morgan fingerprint density at radius 2 is 1.30 bits per heavy atom. The van der Waals surface area contributed by atoms with Crippen molar-refractivity contribution in [1.29, 1.82) is 0 Å². The molecule has 1 amide bonds. The maximum atomic E-state index is 13.1. The van der Waals surface area contributed by atoms with E-state index < -0.39 is 12.1 Å². The highest BCUT2D eigenvalue weighted by Gasteiger charge is 2.24. The molecular formula is C27H27NO5. The van der Waals surface area contributed by atoms with Crippen LogP contribution in [0, 0.1) is 0 Å². The number of rotatable bonds is 10. The smallest absolute Gasteiger partial charge is 0.344 e. The number of benzene rings is 3. The summed E-state index contributed by atoms with van der Waals surface area (Å²) in [6.45, 7) is 3.49. The van der Waals surface area contributed by atoms with Crippen LogP contribution in [0.15, 0.2) is 84.9 Å². The van der Waals surface area contributed by atoms with Crippen molar-refractivity contribution in [3.05, 3.63) is 102 Å². The Balaban J connectivity index is 1.59. The summed E-state index contributed by atoms with van der Waals surface area (Å²) in [6.07, 6.45) is -0.964. The lowest BCUT2D eigenvalue weighted by molar-refractivity contribution is -0.161. The molecule has 0 radical (unpaired) electrons. The highest BCUT2D eigenvalue weighted by atomic mass is 16.6. The van der Waals surface area contributed by atoms with E-state index in [1.807, 2.05) is 60.7 Å². The molecule has 0 fully saturated rings. The number of Topliss-reactive ketones (excluding diaryl/α,β-unsaturated/α-hetero) is 1. The Hall–Kier alpha value is -3.93. The van der Waals surface area contributed by atoms with Gasteiger partial charge in [-0.2, -0.15) is 0 Å². The van der Waals surface area contributed by atoms with Crippen LogP contribution in [0.4, 0.5) is 0 Å². The molecular weight excluding hydrogens is 418 g/mol. The largest absolute Gasteiger partial charge is 0.482 e. The molecule has 0 aliphatic carbocycles. The van der Waals surface area contributed by atoms with Crippen molar-refractivity contribution in [2.45, 2.75) is 33.0 Å². The third-order valence-corrected chi connectivity index (χ3v) is 5.02. The van der Waals surface area contributed by atoms with Gasteiger partial charge in [0.25, 0.3) is 5.91 Å². The number of carbonyl (C=O) groups is 3. The van der Waals surface area contributed by atoms with Crippen LogP contribution >= 0.6 is 0 Å². The third kappa shape index (κ3) is 7.31. The summed E-state index contributed by atoms with van der Waals surface area (Å²) in [5.74, 6) is -0.553. The molecule has 0 bridgehead atoms. The zero-order chi connectivity index (χ0) is 23.6. The van der Waals surface area contributed by atoms with E-state index in [2.05, 4.69) is 0 Å². The maximum Gasteiger partial charge on any atom is 0.344 e. The first-order chi connectivity index (χ1) is 15.9. The van der Waals surface area contributed by atoms with Crippen LogP contribution in [0.25, 0.3) is 0 Å². The molecule has 0 N–H and O–H groups in total. The molecule has 0 heterocycles. The van der Waals surface area contributed by atoms with E-state index in [-0.39, 0.29) is 18.3 Å². The third-order valence-electron chi connectivity index (χ3n) is 5.02. The van der Waals surface area contributed by atoms with Crippen molar-refractivity contribution in [3.8, 4) is 5.75 Å². The summed E-state index contributed by atoms with van der Waals surface area (Å²) >= 11 is 0. The first-order valence-corrected chi connectivity index (χ1v) is 10.7. The number of ketones is 1. The van der Waals surface area contributed by atoms with Crippen LogP contribution in [0.1, 0.15) is 35.3 Å². The van der Waals surface area contributed by atoms with Crippen LogP contribution in [0.5, 0.6) is 5.75 Å². The second-order valence-corrected chi connectivity index (χ2v) is 7.67. The maximum absolute atomic E-state index is 13.1. The van der Waals surface area contributed by atoms with Gasteiger partial charge in [-0.1, -0.05) is 60.7 Å². The van der Waals surface area contributed by atoms with Crippen LogP contribution in [-0.2, 0) is 27.4 Å². The van der Waals surface area contributed by atoms with Gasteiger partial charge in [-0.15, -0.1) is 0 Å². The molecule has 6 nitrogen and oxygen atoms in total. The lowest BCUT2D eigenvalue weighted by atomic mass is 10.1. The number of carbonyl (C=O) groups excluding carboxylic acids is 3. The van der Waals surface area contributed by atoms with Gasteiger partial charge in [0.1, 0.15) is 5.75 Å². The number of hydrogen-bond donors (Lipinski definition) is 0. The van der Waals surface area contributed by atoms with Gasteiger partial charge >= 0.3 is 5.97 Å². The fourth-order valence-electron chi connectivity index (χ4n) is 3.29. The molecule has 3 aromatic carbocycles. The van der Waals surface area contributed by atoms with E-state index in [0.717, 1.165) is 11.1 Å². The van der Waals surface area contributed by atoms with Crippen molar-refractivity contribution in [3.63, 3.8) is 0 Å². The first kappa shape index (κ1) is 23.7. The Kier molecular flexibility index (Phi) is 8.36. The van der Waals surface area contributed by atoms with E-state index in [1.165, 1.54) is 6.92 Å². The van der Waals surface area contributed by atoms with Crippen LogP contribution in [0.3, 0.4) is 0 Å². The van der Waals surface area contributed by atoms with Gasteiger partial charge in [0.15, 0.2) is 18.5 Å². The highest BCUT2D eigenvalue weighted by Crippen LogP contribution is 2.15. The summed E-state index contributed by atoms with van der Waals surface area (Å²) in [6, 6.07) is 25.8. The molecule has 3 aromatic rings. The van der Waals surface area contributed by atoms with Crippen LogP contribution < -0.4 is 4.74 Å². The lowest BCUT2D eigenvalue weighted by Crippen LogP contribution is -2.39. The minimum absolute atomic E-state index is 0.0520. The molecule has 3 rings (SSSR count). The van der Waals surface area contributed by atoms with Gasteiger partial charge in [-0.05, 0) is 49.2 Å². The van der Waals surface area contributed by atoms with Gasteiger partial charge < -0.3 is 14.4 Å². The summed E-state index contributed by atoms with van der Waals surface area (Å²) in [5.41, 5.74) is 2.52. The Morgan fingerprint density at radius 1 is 0.788 bits per heavy atom. The summed E-state index contributed by atoms with van der Waals surface area (Å²) in [5, 5.41) is 0. The van der Waals surface area contributed by atoms with Crippen molar-refractivity contribution in [1.82, 2.24) is 4.90 Å². The molecule has 1 atom stereocenters. The number of nitrogens with zero attached hydrogens (tertiary/aromatic N) is 1. The zero-order valence-corrected chi connectivity index (χ0v) is 18.8. The van der Waals surface area contributed by atoms with E-state index in [4.69, 9.17) is 9.47 Å². The number of ether oxygens (including phenoxy) is 2. The molecule has 6 heteroatoms. The molecule has 170 valence electrons. The predicted molar refractivity (Wildman–Crippen MR) is 125 cm³/mol. The lowest BCUT2D eigenvalue weighted by Gasteiger charge is -2.26. The quantitative estimate of drug-likeness (QED) is 0.341. The molecule has 0 aliphatic rings. The van der Waals surface area contributed by atoms with Crippen LogP contribution in [-0.4, -0.2) is 35.3 Å². The second-order valence-electron chi connectivity index (χ2n) is 7.67. The SMILES string of the molecule is CC(=O)c1ccc(OCC(=O)OC(C)C(=O)N(Cc2ccccc2)Cc2ccccc2)cc1. The normalized spacial score (nSPS) is 11.3. The minimum atomic E-state index is -0.964. The van der Waals surface area contributed by atoms with Crippen molar-refractivity contribution in [2.24, 2.45) is 0 Å². The van der Waals surface area contributed by atoms with E-state index in [0.29, 0.717) is 24.4 Å². The van der Waals surface area contributed by atoms with E-state index in [9.17, 15) is 14.4 Å². The molecule has 0 saturated heterocycles. The van der Waals surface area contributed by atoms with E-state index >= 15 is 0 Å². The minimum Gasteiger partial charge on any atom is -0.482 e. The number of esters is 1. The number of amides is 1. The van der Waals surface area contributed by atoms with Gasteiger partial charge in [-0.3, -0.25) is 9.59 Å². The molecule has 1 unspecified atom stereocenters. The van der Waals surface area contributed by atoms with Crippen molar-refractivity contribution >= 4 is 17.7 Å². The van der Waals surface area contributed by atoms with E-state index in [1.54, 1.807) is 36.1 Å². The van der Waals surface area contributed by atoms with Crippen molar-refractivity contribution < 1.29 is 23.9 Å². The first-order valence-electron chi connectivity index (χ1n) is 10.7. The monoisotopic (exact) mass is 445 g/mol. The molecule has 0 spiro atoms. The van der Waals surface area contributed by atoms with Gasteiger partial charge in [0.2, 0.25) is 0 Å². The Morgan fingerprint density at radius 3 is 1.79 bits per heavy atom. The zero-order valence-electron chi connectivity index (χ0n) is 18.8. The Labute approximate surface area is 193 Å². The van der Waals surface area contributed by atoms with Crippen molar-refractivity contribution in [2.75, 3.05) is 6.61 Å². The fourth-order valence-corrected chi connectivity index (χ4v) is 3.29. The summed E-state index contributed by atoms with van der Waals surface area (Å²) in [4.78, 5) is 38.4. The van der Waals surface area contributed by atoms with Gasteiger partial charge in [0.05, 0.1) is 0 Å². The topological polar surface area (TPSA) is 72.9 Å². The highest BCUT2D eigenvalue weighted by molar-refractivity contribution is 5.94. The average Bonchev–Trinajstić information content (AvgIpc) is 2.83. The Bertz CT molecular complexity index is 1020. The molecule has 0 aromatic heterocycles. The second kappa shape index (κ2) is 11.6. The molecule has 33 heavy (non-hydrogen) atoms. The average molecular weight is 446 g/mol. The summed E-state index contributed by atoms with van der Waals surface area (Å²) < 4.78 is 10.8. The van der Waals surface area contributed by atoms with Gasteiger partial charge in [-0.25, -0.2) is 4.79 Å². The molecule has 0 saturated carbocycles. The summed E-state index contributed by atoms with van der Waals surface area (Å²) in [7, 11) is 0. The van der Waals surface area contributed by atoms with Gasteiger partial charge in [0, 0.05) is 18.7 Å². The van der Waals surface area contributed by atoms with Crippen LogP contribution in [0.2, 0.25) is 0 Å². The molecule has 0 aliphatic heterocycles. The standard InChI is InChI=1S/C27H27NO5/c1-20(29)24-13-15-25(16-14-24)32-19-26(30)33-21(2)27(31)28(17-22-9-5-3-6-10-22)18-23-11-7-4-8-12-23/h3-16,21H,17-19H2,1-2H3.